The number of nitrogens with zero attached hydrogens (tertiary/aromatic N) is 1. The molecule has 0 radical (unpaired) electrons. The highest BCUT2D eigenvalue weighted by molar-refractivity contribution is 6.85. The third kappa shape index (κ3) is 2.68. The average Bonchev–Trinajstić information content (AvgIpc) is 2.03. The second-order valence-corrected chi connectivity index (χ2v) is 10.8. The standard InChI is InChI=1S/C12H21NSi/c1-12(2,3)14(4,5)10-11-7-6-8-13-9-11/h6,8-10H,7H2,1-5H3. The Morgan fingerprint density at radius 2 is 2.00 bits per heavy atom. The zero-order valence-electron chi connectivity index (χ0n) is 9.96. The Kier molecular flexibility index (Phi) is 3.15. The first kappa shape index (κ1) is 11.4. The number of allylic oxidation sites excluding steroid dienone is 2. The summed E-state index contributed by atoms with van der Waals surface area (Å²) in [7, 11) is -1.28. The molecule has 2 heteroatoms. The third-order valence-corrected chi connectivity index (χ3v) is 8.22. The molecule has 0 saturated heterocycles. The lowest BCUT2D eigenvalue weighted by molar-refractivity contribution is 0.728. The normalized spacial score (nSPS) is 20.5. The summed E-state index contributed by atoms with van der Waals surface area (Å²) in [6, 6.07) is 0. The van der Waals surface area contributed by atoms with Gasteiger partial charge in [0.25, 0.3) is 0 Å². The minimum Gasteiger partial charge on any atom is -0.265 e. The second kappa shape index (κ2) is 3.85. The van der Waals surface area contributed by atoms with Crippen molar-refractivity contribution in [1.29, 1.82) is 0 Å². The van der Waals surface area contributed by atoms with Crippen LogP contribution in [0.1, 0.15) is 27.2 Å². The van der Waals surface area contributed by atoms with E-state index in [1.54, 1.807) is 0 Å². The SMILES string of the molecule is CC(C)(C)[Si](C)(C)C=C1C=NC=CC1. The molecule has 1 nitrogen and oxygen atoms in total. The van der Waals surface area contributed by atoms with E-state index in [0.29, 0.717) is 5.04 Å². The van der Waals surface area contributed by atoms with Gasteiger partial charge in [-0.15, -0.1) is 0 Å². The molecule has 0 atom stereocenters. The van der Waals surface area contributed by atoms with Crippen LogP contribution in [0, 0.1) is 0 Å². The largest absolute Gasteiger partial charge is 0.265 e. The highest BCUT2D eigenvalue weighted by Crippen LogP contribution is 2.37. The van der Waals surface area contributed by atoms with Crippen LogP contribution in [0.25, 0.3) is 0 Å². The smallest absolute Gasteiger partial charge is 0.0774 e. The number of aliphatic imine (C=N–C) groups is 1. The molecule has 1 aliphatic rings. The Morgan fingerprint density at radius 1 is 1.36 bits per heavy atom. The first-order valence-corrected chi connectivity index (χ1v) is 8.30. The molecule has 14 heavy (non-hydrogen) atoms. The molecule has 0 aromatic rings. The number of hydrogen-bond acceptors (Lipinski definition) is 1. The van der Waals surface area contributed by atoms with Crippen molar-refractivity contribution in [1.82, 2.24) is 0 Å². The van der Waals surface area contributed by atoms with Crippen LogP contribution in [-0.2, 0) is 0 Å². The van der Waals surface area contributed by atoms with Gasteiger partial charge in [0.2, 0.25) is 0 Å². The van der Waals surface area contributed by atoms with Crippen LogP contribution in [0.4, 0.5) is 0 Å². The van der Waals surface area contributed by atoms with E-state index >= 15 is 0 Å². The van der Waals surface area contributed by atoms with Crippen LogP contribution < -0.4 is 0 Å². The Hall–Kier alpha value is -0.633. The van der Waals surface area contributed by atoms with Gasteiger partial charge in [0, 0.05) is 12.4 Å². The van der Waals surface area contributed by atoms with Gasteiger partial charge in [0.05, 0.1) is 8.07 Å². The van der Waals surface area contributed by atoms with Gasteiger partial charge in [-0.3, -0.25) is 4.99 Å². The maximum Gasteiger partial charge on any atom is 0.0774 e. The van der Waals surface area contributed by atoms with Crippen molar-refractivity contribution in [3.05, 3.63) is 23.5 Å². The zero-order chi connectivity index (χ0) is 10.8. The molecule has 0 unspecified atom stereocenters. The summed E-state index contributed by atoms with van der Waals surface area (Å²) in [6.07, 6.45) is 7.05. The monoisotopic (exact) mass is 207 g/mol. The summed E-state index contributed by atoms with van der Waals surface area (Å²) in [6.45, 7) is 11.9. The summed E-state index contributed by atoms with van der Waals surface area (Å²) >= 11 is 0. The second-order valence-electron chi connectivity index (χ2n) is 5.56. The van der Waals surface area contributed by atoms with E-state index in [9.17, 15) is 0 Å². The van der Waals surface area contributed by atoms with Crippen LogP contribution in [0.15, 0.2) is 28.5 Å². The minimum absolute atomic E-state index is 0.426. The maximum atomic E-state index is 4.17. The topological polar surface area (TPSA) is 12.4 Å². The molecule has 1 heterocycles. The van der Waals surface area contributed by atoms with Crippen molar-refractivity contribution in [3.63, 3.8) is 0 Å². The average molecular weight is 207 g/mol. The number of rotatable bonds is 1. The predicted molar refractivity (Wildman–Crippen MR) is 67.5 cm³/mol. The van der Waals surface area contributed by atoms with Crippen molar-refractivity contribution in [2.75, 3.05) is 0 Å². The Bertz CT molecular complexity index is 290. The predicted octanol–water partition coefficient (Wildman–Crippen LogP) is 3.95. The fraction of sp³-hybridized carbons (Fsp3) is 0.583. The van der Waals surface area contributed by atoms with Crippen molar-refractivity contribution in [2.45, 2.75) is 45.3 Å². The van der Waals surface area contributed by atoms with E-state index in [-0.39, 0.29) is 0 Å². The van der Waals surface area contributed by atoms with Gasteiger partial charge >= 0.3 is 0 Å². The Labute approximate surface area is 88.6 Å². The molecular formula is C12H21NSi. The van der Waals surface area contributed by atoms with Crippen LogP contribution in [0.5, 0.6) is 0 Å². The van der Waals surface area contributed by atoms with Crippen molar-refractivity contribution in [3.8, 4) is 0 Å². The zero-order valence-corrected chi connectivity index (χ0v) is 11.0. The molecule has 0 saturated carbocycles. The van der Waals surface area contributed by atoms with Gasteiger partial charge in [-0.2, -0.15) is 0 Å². The summed E-state index contributed by atoms with van der Waals surface area (Å²) in [5.74, 6) is 0. The van der Waals surface area contributed by atoms with Crippen LogP contribution >= 0.6 is 0 Å². The van der Waals surface area contributed by atoms with E-state index in [2.05, 4.69) is 50.6 Å². The lowest BCUT2D eigenvalue weighted by atomic mass is 10.2. The molecule has 78 valence electrons. The molecule has 0 amide bonds. The molecule has 0 bridgehead atoms. The Balaban J connectivity index is 2.86. The van der Waals surface area contributed by atoms with Gasteiger partial charge in [0.1, 0.15) is 0 Å². The minimum atomic E-state index is -1.28. The fourth-order valence-corrected chi connectivity index (χ4v) is 2.77. The molecule has 1 rings (SSSR count). The molecule has 1 aliphatic heterocycles. The summed E-state index contributed by atoms with van der Waals surface area (Å²) < 4.78 is 0. The van der Waals surface area contributed by atoms with Gasteiger partial charge in [0.15, 0.2) is 0 Å². The lowest BCUT2D eigenvalue weighted by Crippen LogP contribution is -2.35. The first-order valence-electron chi connectivity index (χ1n) is 5.23. The maximum absolute atomic E-state index is 4.17. The highest BCUT2D eigenvalue weighted by Gasteiger charge is 2.33. The van der Waals surface area contributed by atoms with Gasteiger partial charge < -0.3 is 0 Å². The highest BCUT2D eigenvalue weighted by atomic mass is 28.3. The lowest BCUT2D eigenvalue weighted by Gasteiger charge is -2.34. The van der Waals surface area contributed by atoms with Crippen LogP contribution in [0.2, 0.25) is 18.1 Å². The van der Waals surface area contributed by atoms with E-state index in [1.807, 2.05) is 12.4 Å². The van der Waals surface area contributed by atoms with E-state index in [4.69, 9.17) is 0 Å². The number of hydrogen-bond donors (Lipinski definition) is 0. The van der Waals surface area contributed by atoms with Crippen molar-refractivity contribution >= 4 is 14.3 Å². The quantitative estimate of drug-likeness (QED) is 0.577. The first-order chi connectivity index (χ1) is 6.33. The van der Waals surface area contributed by atoms with E-state index in [1.165, 1.54) is 5.57 Å². The molecule has 0 aliphatic carbocycles. The van der Waals surface area contributed by atoms with E-state index in [0.717, 1.165) is 6.42 Å². The van der Waals surface area contributed by atoms with Crippen molar-refractivity contribution in [2.24, 2.45) is 4.99 Å². The van der Waals surface area contributed by atoms with Crippen molar-refractivity contribution < 1.29 is 0 Å². The van der Waals surface area contributed by atoms with Gasteiger partial charge in [-0.05, 0) is 17.0 Å². The van der Waals surface area contributed by atoms with Crippen LogP contribution in [-0.4, -0.2) is 14.3 Å². The Morgan fingerprint density at radius 3 is 2.43 bits per heavy atom. The summed E-state index contributed by atoms with van der Waals surface area (Å²) in [5, 5.41) is 0.426. The van der Waals surface area contributed by atoms with Gasteiger partial charge in [-0.25, -0.2) is 0 Å². The van der Waals surface area contributed by atoms with E-state index < -0.39 is 8.07 Å². The fourth-order valence-electron chi connectivity index (χ4n) is 1.22. The molecule has 0 spiro atoms. The molecular weight excluding hydrogens is 186 g/mol. The van der Waals surface area contributed by atoms with Gasteiger partial charge in [-0.1, -0.05) is 45.6 Å². The third-order valence-electron chi connectivity index (χ3n) is 3.26. The molecule has 0 N–H and O–H groups in total. The van der Waals surface area contributed by atoms with Crippen LogP contribution in [0.3, 0.4) is 0 Å². The molecule has 0 aromatic heterocycles. The molecule has 0 fully saturated rings. The summed E-state index contributed by atoms with van der Waals surface area (Å²) in [5.41, 5.74) is 3.87. The molecule has 0 aromatic carbocycles. The summed E-state index contributed by atoms with van der Waals surface area (Å²) in [4.78, 5) is 4.17.